The average Bonchev–Trinajstić information content (AvgIpc) is 3.28. The molecule has 0 aliphatic rings. The topological polar surface area (TPSA) is 81.2 Å². The molecule has 0 aliphatic heterocycles. The third-order valence-electron chi connectivity index (χ3n) is 4.80. The highest BCUT2D eigenvalue weighted by atomic mass is 16.4. The predicted octanol–water partition coefficient (Wildman–Crippen LogP) is 4.72. The van der Waals surface area contributed by atoms with Gasteiger partial charge in [-0.3, -0.25) is 4.79 Å². The number of aromatic nitrogens is 3. The molecule has 0 spiro atoms. The molecule has 2 aromatic carbocycles. The van der Waals surface area contributed by atoms with Crippen LogP contribution in [-0.2, 0) is 6.54 Å². The van der Waals surface area contributed by atoms with Crippen molar-refractivity contribution in [3.8, 4) is 22.8 Å². The van der Waals surface area contributed by atoms with Crippen molar-refractivity contribution in [2.45, 2.75) is 34.2 Å². The van der Waals surface area contributed by atoms with Crippen molar-refractivity contribution in [2.24, 2.45) is 0 Å². The third kappa shape index (κ3) is 3.71. The summed E-state index contributed by atoms with van der Waals surface area (Å²) < 4.78 is 8.10. The fraction of sp³-hybridized carbons (Fsp3) is 0.261. The number of hydrogen-bond acceptors (Lipinski definition) is 5. The van der Waals surface area contributed by atoms with E-state index in [0.29, 0.717) is 11.5 Å². The number of oxazole rings is 1. The van der Waals surface area contributed by atoms with Crippen molar-refractivity contribution < 1.29 is 14.3 Å². The Kier molecular flexibility index (Phi) is 5.94. The quantitative estimate of drug-likeness (QED) is 0.509. The molecule has 1 N–H and O–H groups in total. The molecule has 2 aromatic heterocycles. The lowest BCUT2D eigenvalue weighted by Gasteiger charge is -2.08. The predicted molar refractivity (Wildman–Crippen MR) is 114 cm³/mol. The van der Waals surface area contributed by atoms with Gasteiger partial charge in [0.25, 0.3) is 0 Å². The number of aldehydes is 1. The van der Waals surface area contributed by atoms with Crippen LogP contribution in [0, 0.1) is 20.8 Å². The maximum absolute atomic E-state index is 11.1. The van der Waals surface area contributed by atoms with Crippen molar-refractivity contribution in [3.63, 3.8) is 0 Å². The van der Waals surface area contributed by atoms with Crippen molar-refractivity contribution >= 4 is 17.3 Å². The van der Waals surface area contributed by atoms with Gasteiger partial charge in [0.1, 0.15) is 6.29 Å². The molecule has 29 heavy (non-hydrogen) atoms. The van der Waals surface area contributed by atoms with Crippen LogP contribution in [0.2, 0.25) is 0 Å². The van der Waals surface area contributed by atoms with E-state index in [1.807, 2.05) is 25.1 Å². The van der Waals surface area contributed by atoms with Crippen LogP contribution in [0.3, 0.4) is 0 Å². The van der Waals surface area contributed by atoms with Gasteiger partial charge in [0.2, 0.25) is 0 Å². The van der Waals surface area contributed by atoms with Crippen LogP contribution in [0.25, 0.3) is 33.9 Å². The third-order valence-corrected chi connectivity index (χ3v) is 4.80. The van der Waals surface area contributed by atoms with E-state index in [4.69, 9.17) is 14.5 Å². The summed E-state index contributed by atoms with van der Waals surface area (Å²) in [5, 5.41) is 7.00. The summed E-state index contributed by atoms with van der Waals surface area (Å²) in [6, 6.07) is 11.8. The minimum atomic E-state index is 0.600. The van der Waals surface area contributed by atoms with Crippen LogP contribution in [0.1, 0.15) is 34.3 Å². The molecule has 2 heterocycles. The second-order valence-corrected chi connectivity index (χ2v) is 6.77. The Morgan fingerprint density at radius 3 is 2.48 bits per heavy atom. The van der Waals surface area contributed by atoms with Gasteiger partial charge in [-0.2, -0.15) is 0 Å². The van der Waals surface area contributed by atoms with E-state index in [1.54, 1.807) is 0 Å². The highest BCUT2D eigenvalue weighted by Gasteiger charge is 2.22. The standard InChI is InChI=1S/C22H21N3O2.CH4O/c1-5-25-19-9-7-16(12-26)11-18(19)24-22(25)20-21(27-15(4)23-20)17-8-6-13(2)10-14(17)3;1-2/h6-12H,5H2,1-4H3;2H,1H3. The molecule has 0 saturated carbocycles. The molecule has 0 unspecified atom stereocenters. The molecule has 0 atom stereocenters. The normalized spacial score (nSPS) is 10.7. The zero-order valence-corrected chi connectivity index (χ0v) is 17.4. The van der Waals surface area contributed by atoms with E-state index in [9.17, 15) is 4.79 Å². The van der Waals surface area contributed by atoms with Crippen LogP contribution in [0.15, 0.2) is 40.8 Å². The van der Waals surface area contributed by atoms with Gasteiger partial charge in [-0.15, -0.1) is 0 Å². The first-order chi connectivity index (χ1) is 14.0. The largest absolute Gasteiger partial charge is 0.440 e. The van der Waals surface area contributed by atoms with E-state index in [-0.39, 0.29) is 0 Å². The Hall–Kier alpha value is -3.25. The van der Waals surface area contributed by atoms with Crippen molar-refractivity contribution in [3.05, 3.63) is 59.0 Å². The van der Waals surface area contributed by atoms with Gasteiger partial charge in [0.15, 0.2) is 23.2 Å². The number of nitrogens with zero attached hydrogens (tertiary/aromatic N) is 3. The fourth-order valence-corrected chi connectivity index (χ4v) is 3.55. The Morgan fingerprint density at radius 1 is 1.07 bits per heavy atom. The minimum Gasteiger partial charge on any atom is -0.440 e. The fourth-order valence-electron chi connectivity index (χ4n) is 3.55. The lowest BCUT2D eigenvalue weighted by Crippen LogP contribution is -1.99. The van der Waals surface area contributed by atoms with E-state index in [2.05, 4.69) is 48.5 Å². The molecule has 0 aliphatic carbocycles. The summed E-state index contributed by atoms with van der Waals surface area (Å²) in [4.78, 5) is 20.6. The second kappa shape index (κ2) is 8.41. The first-order valence-electron chi connectivity index (χ1n) is 9.47. The Labute approximate surface area is 169 Å². The van der Waals surface area contributed by atoms with Crippen molar-refractivity contribution in [1.82, 2.24) is 14.5 Å². The number of fused-ring (bicyclic) bond motifs is 1. The van der Waals surface area contributed by atoms with Crippen LogP contribution < -0.4 is 0 Å². The minimum absolute atomic E-state index is 0.600. The summed E-state index contributed by atoms with van der Waals surface area (Å²) in [5.41, 5.74) is 6.45. The molecule has 0 radical (unpaired) electrons. The maximum Gasteiger partial charge on any atom is 0.192 e. The number of hydrogen-bond donors (Lipinski definition) is 1. The van der Waals surface area contributed by atoms with Gasteiger partial charge in [0, 0.05) is 31.7 Å². The number of imidazole rings is 1. The second-order valence-electron chi connectivity index (χ2n) is 6.77. The van der Waals surface area contributed by atoms with Crippen molar-refractivity contribution in [1.29, 1.82) is 0 Å². The first kappa shape index (κ1) is 20.5. The molecule has 4 rings (SSSR count). The lowest BCUT2D eigenvalue weighted by atomic mass is 10.0. The SMILES string of the molecule is CCn1c(-c2nc(C)oc2-c2ccc(C)cc2C)nc2cc(C=O)ccc21.CO. The summed E-state index contributed by atoms with van der Waals surface area (Å²) in [6.45, 7) is 8.81. The zero-order valence-electron chi connectivity index (χ0n) is 17.4. The van der Waals surface area contributed by atoms with E-state index < -0.39 is 0 Å². The molecule has 4 aromatic rings. The molecule has 6 heteroatoms. The smallest absolute Gasteiger partial charge is 0.192 e. The number of benzene rings is 2. The molecular formula is C23H25N3O3. The molecule has 0 saturated heterocycles. The van der Waals surface area contributed by atoms with Crippen LogP contribution in [-0.4, -0.2) is 33.0 Å². The molecule has 6 nitrogen and oxygen atoms in total. The highest BCUT2D eigenvalue weighted by molar-refractivity contribution is 5.88. The van der Waals surface area contributed by atoms with Gasteiger partial charge in [-0.25, -0.2) is 9.97 Å². The summed E-state index contributed by atoms with van der Waals surface area (Å²) in [7, 11) is 1.00. The van der Waals surface area contributed by atoms with Gasteiger partial charge in [-0.1, -0.05) is 23.8 Å². The number of carbonyl (C=O) groups is 1. The number of aryl methyl sites for hydroxylation is 4. The van der Waals surface area contributed by atoms with Crippen molar-refractivity contribution in [2.75, 3.05) is 7.11 Å². The highest BCUT2D eigenvalue weighted by Crippen LogP contribution is 2.35. The monoisotopic (exact) mass is 391 g/mol. The lowest BCUT2D eigenvalue weighted by molar-refractivity contribution is 0.112. The number of aliphatic hydroxyl groups is 1. The van der Waals surface area contributed by atoms with Gasteiger partial charge in [-0.05, 0) is 44.5 Å². The number of aliphatic hydroxyl groups excluding tert-OH is 1. The Balaban J connectivity index is 0.00000117. The molecule has 150 valence electrons. The van der Waals surface area contributed by atoms with Gasteiger partial charge >= 0.3 is 0 Å². The average molecular weight is 391 g/mol. The first-order valence-corrected chi connectivity index (χ1v) is 9.47. The van der Waals surface area contributed by atoms with Crippen LogP contribution in [0.5, 0.6) is 0 Å². The van der Waals surface area contributed by atoms with E-state index in [1.165, 1.54) is 5.56 Å². The molecule has 0 fully saturated rings. The summed E-state index contributed by atoms with van der Waals surface area (Å²) in [6.07, 6.45) is 0.839. The van der Waals surface area contributed by atoms with Gasteiger partial charge < -0.3 is 14.1 Å². The molecular weight excluding hydrogens is 366 g/mol. The van der Waals surface area contributed by atoms with E-state index in [0.717, 1.165) is 59.4 Å². The van der Waals surface area contributed by atoms with E-state index >= 15 is 0 Å². The Bertz CT molecular complexity index is 1170. The van der Waals surface area contributed by atoms with Crippen LogP contribution >= 0.6 is 0 Å². The molecule has 0 amide bonds. The summed E-state index contributed by atoms with van der Waals surface area (Å²) in [5.74, 6) is 2.08. The zero-order chi connectivity index (χ0) is 21.1. The molecule has 0 bridgehead atoms. The number of rotatable bonds is 4. The van der Waals surface area contributed by atoms with Crippen LogP contribution in [0.4, 0.5) is 0 Å². The maximum atomic E-state index is 11.1. The van der Waals surface area contributed by atoms with Gasteiger partial charge in [0.05, 0.1) is 11.0 Å². The Morgan fingerprint density at radius 2 is 1.83 bits per heavy atom. The number of carbonyl (C=O) groups excluding carboxylic acids is 1. The summed E-state index contributed by atoms with van der Waals surface area (Å²) >= 11 is 0.